The minimum Gasteiger partial charge on any atom is -0.469 e. The molecule has 20 heavy (non-hydrogen) atoms. The maximum absolute atomic E-state index is 11.9. The standard InChI is InChI=1S/C12H18O8/c1-5-8(13)20-12(11(16)19-4,6-9(14)17-2)7-10(15)18-3/h5-7H2,1-4H3. The van der Waals surface area contributed by atoms with Crippen LogP contribution in [0.5, 0.6) is 0 Å². The van der Waals surface area contributed by atoms with Gasteiger partial charge >= 0.3 is 23.9 Å². The summed E-state index contributed by atoms with van der Waals surface area (Å²) in [6.07, 6.45) is -1.32. The van der Waals surface area contributed by atoms with Crippen LogP contribution in [0, 0.1) is 0 Å². The number of hydrogen-bond acceptors (Lipinski definition) is 8. The van der Waals surface area contributed by atoms with Crippen LogP contribution in [-0.4, -0.2) is 50.8 Å². The predicted octanol–water partition coefficient (Wildman–Crippen LogP) is -0.0224. The van der Waals surface area contributed by atoms with Crippen molar-refractivity contribution in [2.75, 3.05) is 21.3 Å². The highest BCUT2D eigenvalue weighted by molar-refractivity contribution is 5.92. The third kappa shape index (κ3) is 4.87. The number of rotatable bonds is 7. The second-order valence-electron chi connectivity index (χ2n) is 3.82. The molecule has 0 spiro atoms. The zero-order valence-electron chi connectivity index (χ0n) is 11.9. The molecule has 0 saturated heterocycles. The monoisotopic (exact) mass is 290 g/mol. The van der Waals surface area contributed by atoms with Crippen molar-refractivity contribution in [3.05, 3.63) is 0 Å². The number of carbonyl (C=O) groups is 4. The van der Waals surface area contributed by atoms with E-state index in [4.69, 9.17) is 4.74 Å². The van der Waals surface area contributed by atoms with Gasteiger partial charge in [0.15, 0.2) is 0 Å². The molecule has 0 aliphatic carbocycles. The minimum absolute atomic E-state index is 0.0406. The zero-order chi connectivity index (χ0) is 15.8. The Labute approximate surface area is 116 Å². The summed E-state index contributed by atoms with van der Waals surface area (Å²) in [5, 5.41) is 0. The van der Waals surface area contributed by atoms with E-state index in [9.17, 15) is 19.2 Å². The predicted molar refractivity (Wildman–Crippen MR) is 64.4 cm³/mol. The maximum atomic E-state index is 11.9. The lowest BCUT2D eigenvalue weighted by Crippen LogP contribution is -2.48. The molecule has 0 aromatic carbocycles. The van der Waals surface area contributed by atoms with Gasteiger partial charge in [0.1, 0.15) is 0 Å². The fourth-order valence-corrected chi connectivity index (χ4v) is 1.41. The van der Waals surface area contributed by atoms with Gasteiger partial charge in [-0.1, -0.05) is 6.92 Å². The van der Waals surface area contributed by atoms with Gasteiger partial charge in [-0.3, -0.25) is 14.4 Å². The van der Waals surface area contributed by atoms with Crippen LogP contribution < -0.4 is 0 Å². The van der Waals surface area contributed by atoms with Gasteiger partial charge in [-0.2, -0.15) is 0 Å². The Balaban J connectivity index is 5.48. The number of esters is 4. The summed E-state index contributed by atoms with van der Waals surface area (Å²) in [6, 6.07) is 0. The fraction of sp³-hybridized carbons (Fsp3) is 0.667. The van der Waals surface area contributed by atoms with E-state index >= 15 is 0 Å². The molecule has 0 amide bonds. The highest BCUT2D eigenvalue weighted by Crippen LogP contribution is 2.25. The number of methoxy groups -OCH3 is 3. The Morgan fingerprint density at radius 2 is 1.25 bits per heavy atom. The van der Waals surface area contributed by atoms with Gasteiger partial charge in [-0.25, -0.2) is 4.79 Å². The molecule has 0 radical (unpaired) electrons. The molecule has 0 heterocycles. The van der Waals surface area contributed by atoms with Crippen molar-refractivity contribution in [3.63, 3.8) is 0 Å². The molecule has 0 aliphatic rings. The Hall–Kier alpha value is -2.12. The van der Waals surface area contributed by atoms with Crippen molar-refractivity contribution >= 4 is 23.9 Å². The lowest BCUT2D eigenvalue weighted by molar-refractivity contribution is -0.188. The topological polar surface area (TPSA) is 105 Å². The number of ether oxygens (including phenoxy) is 4. The molecule has 0 aromatic rings. The van der Waals surface area contributed by atoms with Crippen molar-refractivity contribution in [2.24, 2.45) is 0 Å². The Morgan fingerprint density at radius 1 is 0.800 bits per heavy atom. The van der Waals surface area contributed by atoms with E-state index in [-0.39, 0.29) is 6.42 Å². The van der Waals surface area contributed by atoms with E-state index in [1.807, 2.05) is 0 Å². The Morgan fingerprint density at radius 3 is 1.55 bits per heavy atom. The first-order valence-electron chi connectivity index (χ1n) is 5.79. The number of carbonyl (C=O) groups excluding carboxylic acids is 4. The zero-order valence-corrected chi connectivity index (χ0v) is 11.9. The van der Waals surface area contributed by atoms with Crippen molar-refractivity contribution in [2.45, 2.75) is 31.8 Å². The maximum Gasteiger partial charge on any atom is 0.351 e. The molecule has 0 rings (SSSR count). The summed E-state index contributed by atoms with van der Waals surface area (Å²) >= 11 is 0. The summed E-state index contributed by atoms with van der Waals surface area (Å²) in [5.41, 5.74) is -2.08. The van der Waals surface area contributed by atoms with Crippen LogP contribution >= 0.6 is 0 Å². The molecule has 0 bridgehead atoms. The summed E-state index contributed by atoms with van der Waals surface area (Å²) in [7, 11) is 3.25. The van der Waals surface area contributed by atoms with Crippen molar-refractivity contribution in [1.29, 1.82) is 0 Å². The normalized spacial score (nSPS) is 10.4. The molecule has 0 unspecified atom stereocenters. The van der Waals surface area contributed by atoms with Gasteiger partial charge in [0.25, 0.3) is 0 Å². The fourth-order valence-electron chi connectivity index (χ4n) is 1.41. The van der Waals surface area contributed by atoms with Gasteiger partial charge in [-0.05, 0) is 0 Å². The molecule has 8 nitrogen and oxygen atoms in total. The van der Waals surface area contributed by atoms with Gasteiger partial charge in [0.2, 0.25) is 5.60 Å². The minimum atomic E-state index is -2.08. The molecular formula is C12H18O8. The van der Waals surface area contributed by atoms with Crippen LogP contribution in [0.1, 0.15) is 26.2 Å². The third-order valence-electron chi connectivity index (χ3n) is 2.47. The largest absolute Gasteiger partial charge is 0.469 e. The van der Waals surface area contributed by atoms with E-state index < -0.39 is 42.3 Å². The first kappa shape index (κ1) is 17.9. The summed E-state index contributed by atoms with van der Waals surface area (Å²) in [4.78, 5) is 46.2. The molecule has 0 N–H and O–H groups in total. The average molecular weight is 290 g/mol. The van der Waals surface area contributed by atoms with E-state index in [2.05, 4.69) is 14.2 Å². The van der Waals surface area contributed by atoms with E-state index in [0.29, 0.717) is 0 Å². The Kier molecular flexibility index (Phi) is 7.27. The second-order valence-corrected chi connectivity index (χ2v) is 3.82. The summed E-state index contributed by atoms with van der Waals surface area (Å²) in [6.45, 7) is 1.50. The first-order valence-corrected chi connectivity index (χ1v) is 5.79. The van der Waals surface area contributed by atoms with Crippen LogP contribution in [-0.2, 0) is 38.1 Å². The number of hydrogen-bond donors (Lipinski definition) is 0. The lowest BCUT2D eigenvalue weighted by Gasteiger charge is -2.28. The van der Waals surface area contributed by atoms with Gasteiger partial charge in [-0.15, -0.1) is 0 Å². The Bertz CT molecular complexity index is 341. The van der Waals surface area contributed by atoms with Crippen molar-refractivity contribution in [3.8, 4) is 0 Å². The quantitative estimate of drug-likeness (QED) is 0.475. The highest BCUT2D eigenvalue weighted by atomic mass is 16.6. The van der Waals surface area contributed by atoms with Crippen LogP contribution in [0.4, 0.5) is 0 Å². The van der Waals surface area contributed by atoms with Crippen LogP contribution in [0.2, 0.25) is 0 Å². The van der Waals surface area contributed by atoms with E-state index in [1.54, 1.807) is 0 Å². The summed E-state index contributed by atoms with van der Waals surface area (Å²) < 4.78 is 18.4. The SMILES string of the molecule is CCC(=O)OC(CC(=O)OC)(CC(=O)OC)C(=O)OC. The molecule has 8 heteroatoms. The van der Waals surface area contributed by atoms with Gasteiger partial charge in [0, 0.05) is 6.42 Å². The average Bonchev–Trinajstić information content (AvgIpc) is 2.45. The molecule has 0 saturated carbocycles. The molecule has 0 aromatic heterocycles. The van der Waals surface area contributed by atoms with E-state index in [1.165, 1.54) is 6.92 Å². The van der Waals surface area contributed by atoms with Crippen LogP contribution in [0.3, 0.4) is 0 Å². The molecule has 0 aliphatic heterocycles. The summed E-state index contributed by atoms with van der Waals surface area (Å²) in [5.74, 6) is -3.45. The third-order valence-corrected chi connectivity index (χ3v) is 2.47. The smallest absolute Gasteiger partial charge is 0.351 e. The molecule has 114 valence electrons. The lowest BCUT2D eigenvalue weighted by atomic mass is 9.95. The van der Waals surface area contributed by atoms with Crippen LogP contribution in [0.15, 0.2) is 0 Å². The van der Waals surface area contributed by atoms with Crippen molar-refractivity contribution in [1.82, 2.24) is 0 Å². The van der Waals surface area contributed by atoms with Gasteiger partial charge < -0.3 is 18.9 Å². The highest BCUT2D eigenvalue weighted by Gasteiger charge is 2.48. The molecular weight excluding hydrogens is 272 g/mol. The second kappa shape index (κ2) is 8.13. The first-order chi connectivity index (χ1) is 9.34. The van der Waals surface area contributed by atoms with Gasteiger partial charge in [0.05, 0.1) is 34.2 Å². The van der Waals surface area contributed by atoms with Crippen LogP contribution in [0.25, 0.3) is 0 Å². The van der Waals surface area contributed by atoms with E-state index in [0.717, 1.165) is 21.3 Å². The van der Waals surface area contributed by atoms with Crippen molar-refractivity contribution < 1.29 is 38.1 Å². The molecule has 0 fully saturated rings. The molecule has 0 atom stereocenters.